The second-order valence-electron chi connectivity index (χ2n) is 6.63. The number of halogens is 1. The number of rotatable bonds is 7. The summed E-state index contributed by atoms with van der Waals surface area (Å²) in [5.41, 5.74) is 1.74. The van der Waals surface area contributed by atoms with Crippen molar-refractivity contribution in [2.75, 3.05) is 11.1 Å². The average Bonchev–Trinajstić information content (AvgIpc) is 3.47. The van der Waals surface area contributed by atoms with Crippen molar-refractivity contribution in [3.63, 3.8) is 0 Å². The summed E-state index contributed by atoms with van der Waals surface area (Å²) in [5.74, 6) is 1.32. The highest BCUT2D eigenvalue weighted by atomic mass is 35.5. The van der Waals surface area contributed by atoms with Crippen LogP contribution in [-0.4, -0.2) is 31.4 Å². The Labute approximate surface area is 186 Å². The molecule has 0 saturated carbocycles. The first-order valence-electron chi connectivity index (χ1n) is 9.14. The quantitative estimate of drug-likeness (QED) is 0.360. The molecule has 0 unspecified atom stereocenters. The summed E-state index contributed by atoms with van der Waals surface area (Å²) in [7, 11) is 0. The summed E-state index contributed by atoms with van der Waals surface area (Å²) in [5, 5.41) is 15.1. The number of anilines is 1. The van der Waals surface area contributed by atoms with Gasteiger partial charge in [-0.3, -0.25) is 9.36 Å². The van der Waals surface area contributed by atoms with Crippen LogP contribution in [0.5, 0.6) is 0 Å². The van der Waals surface area contributed by atoms with Gasteiger partial charge >= 0.3 is 0 Å². The molecule has 0 radical (unpaired) electrons. The molecule has 30 heavy (non-hydrogen) atoms. The number of furan rings is 1. The Morgan fingerprint density at radius 3 is 2.77 bits per heavy atom. The number of nitrogens with zero attached hydrogens (tertiary/aromatic N) is 4. The van der Waals surface area contributed by atoms with Gasteiger partial charge in [-0.15, -0.1) is 21.5 Å². The molecular weight excluding hydrogens is 442 g/mol. The number of amides is 1. The van der Waals surface area contributed by atoms with Gasteiger partial charge in [0, 0.05) is 22.0 Å². The number of carbonyl (C=O) groups excluding carboxylic acids is 1. The first kappa shape index (κ1) is 20.6. The van der Waals surface area contributed by atoms with Gasteiger partial charge < -0.3 is 9.73 Å². The maximum atomic E-state index is 12.4. The summed E-state index contributed by atoms with van der Waals surface area (Å²) < 4.78 is 7.40. The second kappa shape index (κ2) is 9.03. The van der Waals surface area contributed by atoms with Crippen molar-refractivity contribution in [3.8, 4) is 22.8 Å². The largest absolute Gasteiger partial charge is 0.461 e. The molecule has 0 atom stereocenters. The van der Waals surface area contributed by atoms with Crippen molar-refractivity contribution in [2.45, 2.75) is 25.0 Å². The molecule has 4 aromatic rings. The van der Waals surface area contributed by atoms with Crippen LogP contribution in [0.15, 0.2) is 57.6 Å². The molecule has 0 aliphatic rings. The molecule has 0 bridgehead atoms. The van der Waals surface area contributed by atoms with E-state index in [0.29, 0.717) is 26.9 Å². The van der Waals surface area contributed by atoms with Crippen LogP contribution in [0.3, 0.4) is 0 Å². The van der Waals surface area contributed by atoms with Crippen molar-refractivity contribution >= 4 is 45.7 Å². The van der Waals surface area contributed by atoms with E-state index in [4.69, 9.17) is 16.0 Å². The van der Waals surface area contributed by atoms with Gasteiger partial charge in [-0.05, 0) is 38.1 Å². The van der Waals surface area contributed by atoms with Crippen LogP contribution in [0.4, 0.5) is 5.13 Å². The minimum absolute atomic E-state index is 0.117. The molecule has 0 aliphatic carbocycles. The van der Waals surface area contributed by atoms with Crippen molar-refractivity contribution in [3.05, 3.63) is 53.1 Å². The molecule has 7 nitrogen and oxygen atoms in total. The van der Waals surface area contributed by atoms with E-state index >= 15 is 0 Å². The van der Waals surface area contributed by atoms with Gasteiger partial charge in [0.05, 0.1) is 17.7 Å². The molecular formula is C20H18ClN5O2S2. The number of thiazole rings is 1. The lowest BCUT2D eigenvalue weighted by Gasteiger charge is -2.12. The van der Waals surface area contributed by atoms with Crippen molar-refractivity contribution < 1.29 is 9.21 Å². The predicted molar refractivity (Wildman–Crippen MR) is 120 cm³/mol. The summed E-state index contributed by atoms with van der Waals surface area (Å²) in [6.07, 6.45) is 1.60. The maximum absolute atomic E-state index is 12.4. The average molecular weight is 460 g/mol. The minimum atomic E-state index is -0.158. The standard InChI is InChI=1S/C20H18ClN5O2S2/c1-12(2)26-18(16-4-3-9-28-16)24-25-20(26)30-11-17(27)23-19-22-15(10-29-19)13-5-7-14(21)8-6-13/h3-10,12H,11H2,1-2H3,(H,22,23,27). The van der Waals surface area contributed by atoms with Gasteiger partial charge in [0.25, 0.3) is 0 Å². The highest BCUT2D eigenvalue weighted by molar-refractivity contribution is 7.99. The molecule has 1 N–H and O–H groups in total. The third-order valence-corrected chi connectivity index (χ3v) is 6.10. The molecule has 0 spiro atoms. The van der Waals surface area contributed by atoms with Crippen molar-refractivity contribution in [1.29, 1.82) is 0 Å². The minimum Gasteiger partial charge on any atom is -0.461 e. The van der Waals surface area contributed by atoms with Gasteiger partial charge in [0.1, 0.15) is 0 Å². The monoisotopic (exact) mass is 459 g/mol. The number of nitrogens with one attached hydrogen (secondary N) is 1. The van der Waals surface area contributed by atoms with Gasteiger partial charge in [-0.25, -0.2) is 4.98 Å². The van der Waals surface area contributed by atoms with Crippen LogP contribution in [0.2, 0.25) is 5.02 Å². The number of aromatic nitrogens is 4. The first-order valence-corrected chi connectivity index (χ1v) is 11.4. The maximum Gasteiger partial charge on any atom is 0.236 e. The second-order valence-corrected chi connectivity index (χ2v) is 8.87. The topological polar surface area (TPSA) is 85.8 Å². The van der Waals surface area contributed by atoms with Crippen LogP contribution < -0.4 is 5.32 Å². The third kappa shape index (κ3) is 4.58. The van der Waals surface area contributed by atoms with E-state index in [-0.39, 0.29) is 17.7 Å². The Balaban J connectivity index is 1.40. The lowest BCUT2D eigenvalue weighted by molar-refractivity contribution is -0.113. The fourth-order valence-electron chi connectivity index (χ4n) is 2.78. The number of thioether (sulfide) groups is 1. The van der Waals surface area contributed by atoms with Gasteiger partial charge in [-0.2, -0.15) is 0 Å². The van der Waals surface area contributed by atoms with Gasteiger partial charge in [0.2, 0.25) is 11.7 Å². The van der Waals surface area contributed by atoms with E-state index in [1.54, 1.807) is 12.3 Å². The van der Waals surface area contributed by atoms with E-state index in [2.05, 4.69) is 20.5 Å². The summed E-state index contributed by atoms with van der Waals surface area (Å²) in [4.78, 5) is 16.9. The van der Waals surface area contributed by atoms with E-state index in [1.807, 2.05) is 54.1 Å². The van der Waals surface area contributed by atoms with Gasteiger partial charge in [-0.1, -0.05) is 35.5 Å². The molecule has 3 aromatic heterocycles. The Hall–Kier alpha value is -2.62. The lowest BCUT2D eigenvalue weighted by Crippen LogP contribution is -2.15. The zero-order chi connectivity index (χ0) is 21.1. The molecule has 154 valence electrons. The molecule has 1 aromatic carbocycles. The highest BCUT2D eigenvalue weighted by Gasteiger charge is 2.19. The van der Waals surface area contributed by atoms with E-state index in [9.17, 15) is 4.79 Å². The summed E-state index contributed by atoms with van der Waals surface area (Å²) in [6.45, 7) is 4.07. The zero-order valence-electron chi connectivity index (χ0n) is 16.2. The molecule has 3 heterocycles. The first-order chi connectivity index (χ1) is 14.5. The molecule has 1 amide bonds. The van der Waals surface area contributed by atoms with Crippen LogP contribution in [0, 0.1) is 0 Å². The lowest BCUT2D eigenvalue weighted by atomic mass is 10.2. The van der Waals surface area contributed by atoms with E-state index in [1.165, 1.54) is 23.1 Å². The molecule has 4 rings (SSSR count). The normalized spacial score (nSPS) is 11.2. The van der Waals surface area contributed by atoms with E-state index < -0.39 is 0 Å². The van der Waals surface area contributed by atoms with Crippen molar-refractivity contribution in [2.24, 2.45) is 0 Å². The molecule has 0 aliphatic heterocycles. The van der Waals surface area contributed by atoms with Crippen LogP contribution in [0.25, 0.3) is 22.8 Å². The Kier molecular flexibility index (Phi) is 6.21. The third-order valence-electron chi connectivity index (χ3n) is 4.15. The van der Waals surface area contributed by atoms with Crippen LogP contribution in [-0.2, 0) is 4.79 Å². The fraction of sp³-hybridized carbons (Fsp3) is 0.200. The molecule has 0 saturated heterocycles. The number of hydrogen-bond donors (Lipinski definition) is 1. The SMILES string of the molecule is CC(C)n1c(SCC(=O)Nc2nc(-c3ccc(Cl)cc3)cs2)nnc1-c1ccco1. The van der Waals surface area contributed by atoms with Crippen LogP contribution in [0.1, 0.15) is 19.9 Å². The fourth-order valence-corrected chi connectivity index (χ4v) is 4.51. The van der Waals surface area contributed by atoms with E-state index in [0.717, 1.165) is 11.3 Å². The number of carbonyl (C=O) groups is 1. The van der Waals surface area contributed by atoms with Crippen LogP contribution >= 0.6 is 34.7 Å². The summed E-state index contributed by atoms with van der Waals surface area (Å²) in [6, 6.07) is 11.2. The van der Waals surface area contributed by atoms with Gasteiger partial charge in [0.15, 0.2) is 16.0 Å². The zero-order valence-corrected chi connectivity index (χ0v) is 18.6. The smallest absolute Gasteiger partial charge is 0.236 e. The Morgan fingerprint density at radius 2 is 2.07 bits per heavy atom. The highest BCUT2D eigenvalue weighted by Crippen LogP contribution is 2.29. The number of benzene rings is 1. The predicted octanol–water partition coefficient (Wildman–Crippen LogP) is 5.63. The van der Waals surface area contributed by atoms with Crippen molar-refractivity contribution in [1.82, 2.24) is 19.7 Å². The summed E-state index contributed by atoms with van der Waals surface area (Å²) >= 11 is 8.63. The Morgan fingerprint density at radius 1 is 1.27 bits per heavy atom. The molecule has 0 fully saturated rings. The molecule has 10 heteroatoms. The number of hydrogen-bond acceptors (Lipinski definition) is 7. The Bertz CT molecular complexity index is 1140.